The Kier molecular flexibility index (Phi) is 3.25. The van der Waals surface area contributed by atoms with E-state index in [9.17, 15) is 4.79 Å². The second kappa shape index (κ2) is 5.07. The van der Waals surface area contributed by atoms with Gasteiger partial charge in [-0.25, -0.2) is 9.97 Å². The Morgan fingerprint density at radius 1 is 1.55 bits per heavy atom. The van der Waals surface area contributed by atoms with Crippen molar-refractivity contribution in [2.75, 3.05) is 6.54 Å². The van der Waals surface area contributed by atoms with Gasteiger partial charge in [-0.2, -0.15) is 5.10 Å². The average Bonchev–Trinajstić information content (AvgIpc) is 3.04. The lowest BCUT2D eigenvalue weighted by atomic mass is 10.1. The molecule has 7 heteroatoms. The van der Waals surface area contributed by atoms with Crippen LogP contribution in [0.25, 0.3) is 0 Å². The Morgan fingerprint density at radius 3 is 3.15 bits per heavy atom. The quantitative estimate of drug-likeness (QED) is 0.885. The van der Waals surface area contributed by atoms with Gasteiger partial charge in [-0.3, -0.25) is 9.48 Å². The van der Waals surface area contributed by atoms with Crippen molar-refractivity contribution < 1.29 is 4.79 Å². The molecular weight excluding hydrogens is 256 g/mol. The van der Waals surface area contributed by atoms with Crippen LogP contribution in [0, 0.1) is 12.8 Å². The van der Waals surface area contributed by atoms with E-state index in [1.807, 2.05) is 18.7 Å². The number of carbonyl (C=O) groups is 1. The van der Waals surface area contributed by atoms with Crippen molar-refractivity contribution in [3.63, 3.8) is 0 Å². The Morgan fingerprint density at radius 2 is 2.40 bits per heavy atom. The number of fused-ring (bicyclic) bond motifs is 1. The number of aryl methyl sites for hydroxylation is 1. The number of H-pyrrole nitrogens is 1. The highest BCUT2D eigenvalue weighted by Gasteiger charge is 2.26. The third-order valence-electron chi connectivity index (χ3n) is 3.61. The number of rotatable bonds is 3. The average molecular weight is 274 g/mol. The molecule has 0 bridgehead atoms. The predicted octanol–water partition coefficient (Wildman–Crippen LogP) is 0.531. The van der Waals surface area contributed by atoms with Gasteiger partial charge in [0.15, 0.2) is 0 Å². The maximum Gasteiger partial charge on any atom is 0.227 e. The first-order valence-corrected chi connectivity index (χ1v) is 6.79. The minimum atomic E-state index is -0.109. The maximum absolute atomic E-state index is 12.5. The fourth-order valence-corrected chi connectivity index (χ4v) is 2.62. The molecule has 0 radical (unpaired) electrons. The van der Waals surface area contributed by atoms with Crippen molar-refractivity contribution in [1.82, 2.24) is 29.6 Å². The highest BCUT2D eigenvalue weighted by atomic mass is 16.2. The minimum Gasteiger partial charge on any atom is -0.344 e. The summed E-state index contributed by atoms with van der Waals surface area (Å²) in [5, 5.41) is 4.04. The van der Waals surface area contributed by atoms with Gasteiger partial charge in [-0.05, 0) is 6.92 Å². The summed E-state index contributed by atoms with van der Waals surface area (Å²) in [4.78, 5) is 25.9. The summed E-state index contributed by atoms with van der Waals surface area (Å²) in [6.45, 7) is 5.79. The molecule has 0 fully saturated rings. The summed E-state index contributed by atoms with van der Waals surface area (Å²) in [7, 11) is 0. The third kappa shape index (κ3) is 2.43. The summed E-state index contributed by atoms with van der Waals surface area (Å²) >= 11 is 0. The van der Waals surface area contributed by atoms with Crippen LogP contribution >= 0.6 is 0 Å². The molecule has 1 amide bonds. The zero-order chi connectivity index (χ0) is 14.1. The smallest absolute Gasteiger partial charge is 0.227 e. The molecule has 3 rings (SSSR count). The fraction of sp³-hybridized carbons (Fsp3) is 0.538. The molecule has 2 aromatic heterocycles. The number of nitrogens with zero attached hydrogens (tertiary/aromatic N) is 5. The Bertz CT molecular complexity index is 602. The molecule has 0 unspecified atom stereocenters. The normalized spacial score (nSPS) is 16.0. The van der Waals surface area contributed by atoms with Crippen LogP contribution in [-0.2, 0) is 24.3 Å². The first kappa shape index (κ1) is 12.8. The molecule has 0 aliphatic carbocycles. The second-order valence-electron chi connectivity index (χ2n) is 5.28. The monoisotopic (exact) mass is 274 g/mol. The van der Waals surface area contributed by atoms with Gasteiger partial charge in [0.25, 0.3) is 0 Å². The van der Waals surface area contributed by atoms with Crippen LogP contribution in [0.2, 0.25) is 0 Å². The number of carbonyl (C=O) groups excluding carboxylic acids is 1. The van der Waals surface area contributed by atoms with E-state index in [1.54, 1.807) is 11.0 Å². The second-order valence-corrected chi connectivity index (χ2v) is 5.28. The maximum atomic E-state index is 12.5. The lowest BCUT2D eigenvalue weighted by molar-refractivity contribution is -0.136. The lowest BCUT2D eigenvalue weighted by Gasteiger charge is -2.28. The van der Waals surface area contributed by atoms with Gasteiger partial charge in [-0.15, -0.1) is 0 Å². The van der Waals surface area contributed by atoms with Crippen molar-refractivity contribution in [1.29, 1.82) is 0 Å². The Labute approximate surface area is 117 Å². The molecule has 0 saturated carbocycles. The van der Waals surface area contributed by atoms with Gasteiger partial charge in [0.2, 0.25) is 5.91 Å². The van der Waals surface area contributed by atoms with E-state index in [4.69, 9.17) is 0 Å². The molecule has 3 heterocycles. The number of amides is 1. The molecule has 1 aliphatic heterocycles. The molecule has 1 N–H and O–H groups in total. The highest BCUT2D eigenvalue weighted by Crippen LogP contribution is 2.18. The number of imidazole rings is 1. The van der Waals surface area contributed by atoms with Crippen LogP contribution < -0.4 is 0 Å². The largest absolute Gasteiger partial charge is 0.344 e. The fourth-order valence-electron chi connectivity index (χ4n) is 2.62. The van der Waals surface area contributed by atoms with Gasteiger partial charge in [0.1, 0.15) is 18.5 Å². The van der Waals surface area contributed by atoms with Crippen LogP contribution in [-0.4, -0.2) is 42.1 Å². The molecule has 1 atom stereocenters. The van der Waals surface area contributed by atoms with Crippen molar-refractivity contribution in [2.45, 2.75) is 33.4 Å². The van der Waals surface area contributed by atoms with Gasteiger partial charge in [0.05, 0.1) is 30.4 Å². The third-order valence-corrected chi connectivity index (χ3v) is 3.61. The van der Waals surface area contributed by atoms with Crippen LogP contribution in [0.1, 0.15) is 24.1 Å². The standard InChI is InChI=1S/C13H18N6O/c1-9(5-19-8-14-7-15-19)13(20)18-4-3-11-12(6-18)17-10(2)16-11/h7-9H,3-6H2,1-2H3,(H,16,17)/t9-/m1/s1. The summed E-state index contributed by atoms with van der Waals surface area (Å²) in [6, 6.07) is 0. The molecular formula is C13H18N6O. The van der Waals surface area contributed by atoms with E-state index in [1.165, 1.54) is 6.33 Å². The number of hydrogen-bond donors (Lipinski definition) is 1. The molecule has 20 heavy (non-hydrogen) atoms. The van der Waals surface area contributed by atoms with Gasteiger partial charge < -0.3 is 9.88 Å². The van der Waals surface area contributed by atoms with E-state index in [0.29, 0.717) is 13.1 Å². The van der Waals surface area contributed by atoms with Gasteiger partial charge >= 0.3 is 0 Å². The molecule has 1 aliphatic rings. The lowest BCUT2D eigenvalue weighted by Crippen LogP contribution is -2.40. The van der Waals surface area contributed by atoms with Gasteiger partial charge in [-0.1, -0.05) is 6.92 Å². The number of aromatic amines is 1. The molecule has 7 nitrogen and oxygen atoms in total. The summed E-state index contributed by atoms with van der Waals surface area (Å²) < 4.78 is 1.69. The van der Waals surface area contributed by atoms with Crippen LogP contribution in [0.5, 0.6) is 0 Å². The first-order chi connectivity index (χ1) is 9.63. The van der Waals surface area contributed by atoms with Crippen molar-refractivity contribution in [3.8, 4) is 0 Å². The summed E-state index contributed by atoms with van der Waals surface area (Å²) in [5.74, 6) is 0.959. The zero-order valence-corrected chi connectivity index (χ0v) is 11.7. The van der Waals surface area contributed by atoms with Crippen LogP contribution in [0.4, 0.5) is 0 Å². The predicted molar refractivity (Wildman–Crippen MR) is 71.6 cm³/mol. The van der Waals surface area contributed by atoms with E-state index in [0.717, 1.165) is 30.2 Å². The molecule has 0 saturated heterocycles. The summed E-state index contributed by atoms with van der Waals surface area (Å²) in [6.07, 6.45) is 3.94. The van der Waals surface area contributed by atoms with Crippen LogP contribution in [0.15, 0.2) is 12.7 Å². The summed E-state index contributed by atoms with van der Waals surface area (Å²) in [5.41, 5.74) is 2.16. The van der Waals surface area contributed by atoms with E-state index in [2.05, 4.69) is 20.1 Å². The minimum absolute atomic E-state index is 0.109. The van der Waals surface area contributed by atoms with Crippen molar-refractivity contribution >= 4 is 5.91 Å². The van der Waals surface area contributed by atoms with Crippen molar-refractivity contribution in [2.24, 2.45) is 5.92 Å². The molecule has 106 valence electrons. The molecule has 2 aromatic rings. The van der Waals surface area contributed by atoms with E-state index >= 15 is 0 Å². The number of aromatic nitrogens is 5. The SMILES string of the molecule is Cc1nc2c([nH]1)CN(C(=O)[C@H](C)Cn1cncn1)CC2. The number of nitrogens with one attached hydrogen (secondary N) is 1. The van der Waals surface area contributed by atoms with E-state index in [-0.39, 0.29) is 11.8 Å². The number of hydrogen-bond acceptors (Lipinski definition) is 4. The van der Waals surface area contributed by atoms with Crippen molar-refractivity contribution in [3.05, 3.63) is 29.9 Å². The first-order valence-electron chi connectivity index (χ1n) is 6.79. The van der Waals surface area contributed by atoms with E-state index < -0.39 is 0 Å². The highest BCUT2D eigenvalue weighted by molar-refractivity contribution is 5.78. The Hall–Kier alpha value is -2.18. The van der Waals surface area contributed by atoms with Gasteiger partial charge in [0, 0.05) is 13.0 Å². The van der Waals surface area contributed by atoms with Crippen LogP contribution in [0.3, 0.4) is 0 Å². The molecule has 0 spiro atoms. The zero-order valence-electron chi connectivity index (χ0n) is 11.7. The molecule has 0 aromatic carbocycles. The Balaban J connectivity index is 1.66. The topological polar surface area (TPSA) is 79.7 Å².